The van der Waals surface area contributed by atoms with E-state index < -0.39 is 5.56 Å². The van der Waals surface area contributed by atoms with E-state index in [0.29, 0.717) is 10.1 Å². The summed E-state index contributed by atoms with van der Waals surface area (Å²) >= 11 is 1.09. The summed E-state index contributed by atoms with van der Waals surface area (Å²) in [5, 5.41) is 4.16. The molecule has 0 radical (unpaired) electrons. The van der Waals surface area contributed by atoms with Crippen molar-refractivity contribution in [2.24, 2.45) is 0 Å². The molecule has 4 aromatic rings. The monoisotopic (exact) mass is 366 g/mol. The summed E-state index contributed by atoms with van der Waals surface area (Å²) in [5.74, 6) is -0.359. The summed E-state index contributed by atoms with van der Waals surface area (Å²) in [6.45, 7) is 0. The normalized spacial score (nSPS) is 12.0. The minimum atomic E-state index is -0.497. The number of aromatic nitrogens is 4. The Balaban J connectivity index is 1.80. The quantitative estimate of drug-likeness (QED) is 0.544. The molecule has 3 heterocycles. The molecular weight excluding hydrogens is 355 g/mol. The Labute approximate surface area is 149 Å². The van der Waals surface area contributed by atoms with Gasteiger partial charge >= 0.3 is 0 Å². The number of fused-ring (bicyclic) bond motifs is 1. The highest BCUT2D eigenvalue weighted by Crippen LogP contribution is 2.07. The Morgan fingerprint density at radius 2 is 1.96 bits per heavy atom. The first kappa shape index (κ1) is 16.2. The van der Waals surface area contributed by atoms with Gasteiger partial charge in [0.15, 0.2) is 0 Å². The second kappa shape index (κ2) is 6.57. The van der Waals surface area contributed by atoms with Crippen molar-refractivity contribution in [1.29, 1.82) is 0 Å². The molecule has 0 unspecified atom stereocenters. The van der Waals surface area contributed by atoms with Crippen molar-refractivity contribution < 1.29 is 4.39 Å². The van der Waals surface area contributed by atoms with Crippen LogP contribution in [0.15, 0.2) is 58.4 Å². The zero-order chi connectivity index (χ0) is 18.1. The second-order valence-electron chi connectivity index (χ2n) is 5.56. The fourth-order valence-corrected chi connectivity index (χ4v) is 3.36. The van der Waals surface area contributed by atoms with Crippen LogP contribution in [0.5, 0.6) is 0 Å². The standard InChI is InChI=1S/C18H11FN4O2S/c19-13-5-3-11(4-6-13)8-14-16(24)21-18-23(22-14)17(25)15(26-18)9-12-2-1-7-20-10-12/h1-7,9-10H,8H2/b15-9+. The van der Waals surface area contributed by atoms with Crippen LogP contribution in [0.25, 0.3) is 11.0 Å². The molecule has 26 heavy (non-hydrogen) atoms. The van der Waals surface area contributed by atoms with Crippen molar-refractivity contribution >= 4 is 22.4 Å². The van der Waals surface area contributed by atoms with Gasteiger partial charge in [0.25, 0.3) is 11.1 Å². The van der Waals surface area contributed by atoms with Crippen molar-refractivity contribution in [1.82, 2.24) is 19.6 Å². The molecule has 128 valence electrons. The summed E-state index contributed by atoms with van der Waals surface area (Å²) in [6.07, 6.45) is 5.13. The number of benzene rings is 1. The second-order valence-corrected chi connectivity index (χ2v) is 6.57. The average Bonchev–Trinajstić information content (AvgIpc) is 2.93. The third kappa shape index (κ3) is 3.14. The Bertz CT molecular complexity index is 1250. The average molecular weight is 366 g/mol. The predicted molar refractivity (Wildman–Crippen MR) is 95.6 cm³/mol. The molecule has 0 fully saturated rings. The van der Waals surface area contributed by atoms with Gasteiger partial charge in [-0.3, -0.25) is 14.6 Å². The zero-order valence-corrected chi connectivity index (χ0v) is 14.1. The molecule has 0 aliphatic heterocycles. The molecule has 0 aliphatic rings. The van der Waals surface area contributed by atoms with Crippen molar-refractivity contribution in [3.63, 3.8) is 0 Å². The zero-order valence-electron chi connectivity index (χ0n) is 13.3. The molecule has 0 atom stereocenters. The van der Waals surface area contributed by atoms with Crippen molar-refractivity contribution in [3.05, 3.63) is 96.7 Å². The number of hydrogen-bond acceptors (Lipinski definition) is 6. The molecule has 4 rings (SSSR count). The van der Waals surface area contributed by atoms with Gasteiger partial charge in [-0.1, -0.05) is 29.5 Å². The molecule has 8 heteroatoms. The van der Waals surface area contributed by atoms with E-state index >= 15 is 0 Å². The van der Waals surface area contributed by atoms with Gasteiger partial charge in [0, 0.05) is 18.8 Å². The molecule has 0 spiro atoms. The number of nitrogens with zero attached hydrogens (tertiary/aromatic N) is 4. The summed E-state index contributed by atoms with van der Waals surface area (Å²) in [6, 6.07) is 9.34. The summed E-state index contributed by atoms with van der Waals surface area (Å²) in [5.41, 5.74) is 0.773. The molecule has 0 N–H and O–H groups in total. The smallest absolute Gasteiger partial charge is 0.266 e. The third-order valence-electron chi connectivity index (χ3n) is 3.72. The van der Waals surface area contributed by atoms with E-state index in [4.69, 9.17) is 0 Å². The maximum absolute atomic E-state index is 13.0. The first-order valence-electron chi connectivity index (χ1n) is 7.69. The number of pyridine rings is 1. The van der Waals surface area contributed by atoms with Gasteiger partial charge in [-0.05, 0) is 35.4 Å². The van der Waals surface area contributed by atoms with E-state index in [1.165, 1.54) is 12.1 Å². The van der Waals surface area contributed by atoms with Gasteiger partial charge in [0.05, 0.1) is 4.53 Å². The van der Waals surface area contributed by atoms with Crippen LogP contribution in [0.2, 0.25) is 0 Å². The van der Waals surface area contributed by atoms with E-state index in [2.05, 4.69) is 15.1 Å². The maximum atomic E-state index is 13.0. The fourth-order valence-electron chi connectivity index (χ4n) is 2.46. The molecule has 6 nitrogen and oxygen atoms in total. The molecular formula is C18H11FN4O2S. The minimum Gasteiger partial charge on any atom is -0.266 e. The summed E-state index contributed by atoms with van der Waals surface area (Å²) in [7, 11) is 0. The molecule has 0 aliphatic carbocycles. The van der Waals surface area contributed by atoms with Crippen LogP contribution in [0, 0.1) is 5.82 Å². The first-order valence-corrected chi connectivity index (χ1v) is 8.51. The van der Waals surface area contributed by atoms with Crippen molar-refractivity contribution in [2.45, 2.75) is 6.42 Å². The predicted octanol–water partition coefficient (Wildman–Crippen LogP) is 1.18. The highest BCUT2D eigenvalue weighted by atomic mass is 32.1. The molecule has 0 saturated heterocycles. The minimum absolute atomic E-state index is 0.136. The van der Waals surface area contributed by atoms with Gasteiger partial charge in [0.2, 0.25) is 4.96 Å². The lowest BCUT2D eigenvalue weighted by Crippen LogP contribution is -2.28. The highest BCUT2D eigenvalue weighted by molar-refractivity contribution is 7.15. The van der Waals surface area contributed by atoms with E-state index in [-0.39, 0.29) is 28.5 Å². The van der Waals surface area contributed by atoms with E-state index in [9.17, 15) is 14.0 Å². The van der Waals surface area contributed by atoms with Crippen LogP contribution in [-0.4, -0.2) is 19.6 Å². The van der Waals surface area contributed by atoms with Crippen LogP contribution in [-0.2, 0) is 6.42 Å². The lowest BCUT2D eigenvalue weighted by molar-refractivity contribution is 0.627. The first-order chi connectivity index (χ1) is 12.6. The van der Waals surface area contributed by atoms with Gasteiger partial charge in [-0.25, -0.2) is 4.39 Å². The number of thiazole rings is 1. The van der Waals surface area contributed by atoms with E-state index in [1.54, 1.807) is 36.7 Å². The van der Waals surface area contributed by atoms with Crippen LogP contribution in [0.1, 0.15) is 16.8 Å². The number of hydrogen-bond donors (Lipinski definition) is 0. The van der Waals surface area contributed by atoms with Gasteiger partial charge in [-0.15, -0.1) is 0 Å². The third-order valence-corrected chi connectivity index (χ3v) is 4.68. The van der Waals surface area contributed by atoms with Crippen LogP contribution >= 0.6 is 11.3 Å². The lowest BCUT2D eigenvalue weighted by atomic mass is 10.1. The Hall–Kier alpha value is -3.26. The van der Waals surface area contributed by atoms with E-state index in [1.807, 2.05) is 6.07 Å². The SMILES string of the molecule is O=c1nc2s/c(=C/c3cccnc3)c(=O)n2nc1Cc1ccc(F)cc1. The van der Waals surface area contributed by atoms with Gasteiger partial charge in [0.1, 0.15) is 11.5 Å². The van der Waals surface area contributed by atoms with Crippen molar-refractivity contribution in [3.8, 4) is 0 Å². The molecule has 1 aromatic carbocycles. The van der Waals surface area contributed by atoms with Crippen LogP contribution in [0.3, 0.4) is 0 Å². The van der Waals surface area contributed by atoms with E-state index in [0.717, 1.165) is 21.4 Å². The summed E-state index contributed by atoms with van der Waals surface area (Å²) < 4.78 is 14.6. The number of halogens is 1. The molecule has 0 saturated carbocycles. The Kier molecular flexibility index (Phi) is 4.10. The molecule has 0 amide bonds. The van der Waals surface area contributed by atoms with Crippen LogP contribution < -0.4 is 15.7 Å². The van der Waals surface area contributed by atoms with Gasteiger partial charge in [-0.2, -0.15) is 14.6 Å². The highest BCUT2D eigenvalue weighted by Gasteiger charge is 2.11. The topological polar surface area (TPSA) is 77.2 Å². The van der Waals surface area contributed by atoms with Crippen molar-refractivity contribution in [2.75, 3.05) is 0 Å². The fraction of sp³-hybridized carbons (Fsp3) is 0.0556. The number of rotatable bonds is 3. The maximum Gasteiger partial charge on any atom is 0.296 e. The molecule has 3 aromatic heterocycles. The Morgan fingerprint density at radius 1 is 1.15 bits per heavy atom. The largest absolute Gasteiger partial charge is 0.296 e. The lowest BCUT2D eigenvalue weighted by Gasteiger charge is -2.00. The van der Waals surface area contributed by atoms with Crippen LogP contribution in [0.4, 0.5) is 4.39 Å². The Morgan fingerprint density at radius 3 is 2.69 bits per heavy atom. The molecule has 0 bridgehead atoms. The summed E-state index contributed by atoms with van der Waals surface area (Å²) in [4.78, 5) is 33.0. The van der Waals surface area contributed by atoms with Gasteiger partial charge < -0.3 is 0 Å².